The fourth-order valence-corrected chi connectivity index (χ4v) is 2.85. The average molecular weight is 378 g/mol. The van der Waals surface area contributed by atoms with Gasteiger partial charge in [-0.2, -0.15) is 0 Å². The number of rotatable bonds is 5. The van der Waals surface area contributed by atoms with E-state index >= 15 is 0 Å². The van der Waals surface area contributed by atoms with Crippen LogP contribution < -0.4 is 15.0 Å². The minimum absolute atomic E-state index is 0.0126. The van der Waals surface area contributed by atoms with Crippen molar-refractivity contribution >= 4 is 23.2 Å². The molecular formula is C19H17F3N2O3. The molecule has 5 nitrogen and oxygen atoms in total. The first kappa shape index (κ1) is 18.8. The van der Waals surface area contributed by atoms with Crippen molar-refractivity contribution < 1.29 is 27.5 Å². The van der Waals surface area contributed by atoms with Gasteiger partial charge in [0.05, 0.1) is 6.42 Å². The second-order valence-electron chi connectivity index (χ2n) is 6.11. The normalized spacial score (nSPS) is 14.3. The largest absolute Gasteiger partial charge is 0.573 e. The van der Waals surface area contributed by atoms with E-state index < -0.39 is 6.36 Å². The van der Waals surface area contributed by atoms with Gasteiger partial charge < -0.3 is 15.0 Å². The Bertz CT molecular complexity index is 818. The predicted octanol–water partition coefficient (Wildman–Crippen LogP) is 3.89. The van der Waals surface area contributed by atoms with Crippen LogP contribution in [0, 0.1) is 0 Å². The number of carbonyl (C=O) groups is 2. The van der Waals surface area contributed by atoms with Crippen molar-refractivity contribution in [2.24, 2.45) is 0 Å². The molecule has 1 aliphatic heterocycles. The third-order valence-electron chi connectivity index (χ3n) is 4.06. The number of hydrogen-bond donors (Lipinski definition) is 1. The maximum Gasteiger partial charge on any atom is 0.573 e. The molecule has 2 amide bonds. The van der Waals surface area contributed by atoms with Crippen molar-refractivity contribution in [3.63, 3.8) is 0 Å². The van der Waals surface area contributed by atoms with Gasteiger partial charge in [0.15, 0.2) is 0 Å². The molecule has 142 valence electrons. The summed E-state index contributed by atoms with van der Waals surface area (Å²) in [6.45, 7) is 0.693. The minimum Gasteiger partial charge on any atom is -0.406 e. The Morgan fingerprint density at radius 1 is 1.07 bits per heavy atom. The third kappa shape index (κ3) is 5.22. The van der Waals surface area contributed by atoms with Crippen LogP contribution >= 0.6 is 0 Å². The maximum absolute atomic E-state index is 12.1. The Balaban J connectivity index is 1.55. The van der Waals surface area contributed by atoms with Crippen LogP contribution in [-0.2, 0) is 16.0 Å². The van der Waals surface area contributed by atoms with Gasteiger partial charge in [0.2, 0.25) is 11.8 Å². The molecule has 0 atom stereocenters. The van der Waals surface area contributed by atoms with Crippen molar-refractivity contribution in [1.29, 1.82) is 0 Å². The Morgan fingerprint density at radius 2 is 1.74 bits per heavy atom. The number of nitrogens with one attached hydrogen (secondary N) is 1. The number of benzene rings is 2. The molecular weight excluding hydrogens is 361 g/mol. The van der Waals surface area contributed by atoms with Gasteiger partial charge in [-0.1, -0.05) is 12.1 Å². The zero-order valence-corrected chi connectivity index (χ0v) is 14.3. The van der Waals surface area contributed by atoms with Crippen LogP contribution in [0.3, 0.4) is 0 Å². The summed E-state index contributed by atoms with van der Waals surface area (Å²) in [5, 5.41) is 2.72. The van der Waals surface area contributed by atoms with E-state index in [1.54, 1.807) is 29.2 Å². The zero-order chi connectivity index (χ0) is 19.4. The molecule has 0 radical (unpaired) electrons. The van der Waals surface area contributed by atoms with Gasteiger partial charge in [-0.15, -0.1) is 13.2 Å². The highest BCUT2D eigenvalue weighted by Crippen LogP contribution is 2.24. The van der Waals surface area contributed by atoms with Crippen LogP contribution in [0.25, 0.3) is 0 Å². The first-order valence-electron chi connectivity index (χ1n) is 8.35. The van der Waals surface area contributed by atoms with Crippen LogP contribution in [0.15, 0.2) is 48.5 Å². The molecule has 1 aliphatic rings. The molecule has 0 aliphatic carbocycles. The monoisotopic (exact) mass is 378 g/mol. The molecule has 0 saturated carbocycles. The molecule has 1 fully saturated rings. The number of alkyl halides is 3. The lowest BCUT2D eigenvalue weighted by Crippen LogP contribution is -2.23. The smallest absolute Gasteiger partial charge is 0.406 e. The summed E-state index contributed by atoms with van der Waals surface area (Å²) >= 11 is 0. The van der Waals surface area contributed by atoms with Gasteiger partial charge in [-0.05, 0) is 48.4 Å². The van der Waals surface area contributed by atoms with Gasteiger partial charge in [-0.3, -0.25) is 9.59 Å². The van der Waals surface area contributed by atoms with Gasteiger partial charge >= 0.3 is 6.36 Å². The number of carbonyl (C=O) groups excluding carboxylic acids is 2. The zero-order valence-electron chi connectivity index (χ0n) is 14.3. The van der Waals surface area contributed by atoms with E-state index in [1.807, 2.05) is 0 Å². The molecule has 1 heterocycles. The number of anilines is 2. The van der Waals surface area contributed by atoms with Crippen LogP contribution in [0.5, 0.6) is 5.75 Å². The van der Waals surface area contributed by atoms with Crippen molar-refractivity contribution in [2.45, 2.75) is 25.6 Å². The van der Waals surface area contributed by atoms with E-state index in [-0.39, 0.29) is 24.0 Å². The molecule has 1 N–H and O–H groups in total. The fraction of sp³-hybridized carbons (Fsp3) is 0.263. The number of nitrogens with zero attached hydrogens (tertiary/aromatic N) is 1. The van der Waals surface area contributed by atoms with E-state index in [0.717, 1.165) is 24.2 Å². The summed E-state index contributed by atoms with van der Waals surface area (Å²) in [4.78, 5) is 25.5. The molecule has 1 saturated heterocycles. The number of hydrogen-bond acceptors (Lipinski definition) is 3. The third-order valence-corrected chi connectivity index (χ3v) is 4.06. The summed E-state index contributed by atoms with van der Waals surface area (Å²) in [6, 6.07) is 12.1. The van der Waals surface area contributed by atoms with Gasteiger partial charge in [0.1, 0.15) is 5.75 Å². The highest BCUT2D eigenvalue weighted by molar-refractivity contribution is 5.96. The summed E-state index contributed by atoms with van der Waals surface area (Å²) in [6.07, 6.45) is -3.35. The summed E-state index contributed by atoms with van der Waals surface area (Å²) in [5.41, 5.74) is 1.92. The molecule has 2 aromatic carbocycles. The molecule has 0 unspecified atom stereocenters. The Labute approximate surface area is 153 Å². The standard InChI is InChI=1S/C19H17F3N2O3/c20-19(21,22)27-16-9-3-13(4-10-16)12-17(25)23-14-5-7-15(8-6-14)24-11-1-2-18(24)26/h3-10H,1-2,11-12H2,(H,23,25). The summed E-state index contributed by atoms with van der Waals surface area (Å²) in [7, 11) is 0. The van der Waals surface area contributed by atoms with Crippen molar-refractivity contribution in [3.05, 3.63) is 54.1 Å². The first-order valence-corrected chi connectivity index (χ1v) is 8.35. The lowest BCUT2D eigenvalue weighted by Gasteiger charge is -2.16. The van der Waals surface area contributed by atoms with E-state index in [2.05, 4.69) is 10.1 Å². The van der Waals surface area contributed by atoms with Crippen LogP contribution in [0.1, 0.15) is 18.4 Å². The lowest BCUT2D eigenvalue weighted by atomic mass is 10.1. The molecule has 8 heteroatoms. The van der Waals surface area contributed by atoms with Crippen LogP contribution in [0.2, 0.25) is 0 Å². The molecule has 2 aromatic rings. The second kappa shape index (κ2) is 7.69. The minimum atomic E-state index is -4.75. The Morgan fingerprint density at radius 3 is 2.30 bits per heavy atom. The van der Waals surface area contributed by atoms with Gasteiger partial charge in [0, 0.05) is 24.3 Å². The quantitative estimate of drug-likeness (QED) is 0.859. The Hall–Kier alpha value is -3.03. The number of amides is 2. The molecule has 0 bridgehead atoms. The van der Waals surface area contributed by atoms with E-state index in [0.29, 0.717) is 24.2 Å². The molecule has 27 heavy (non-hydrogen) atoms. The van der Waals surface area contributed by atoms with Gasteiger partial charge in [0.25, 0.3) is 0 Å². The SMILES string of the molecule is O=C(Cc1ccc(OC(F)(F)F)cc1)Nc1ccc(N2CCCC2=O)cc1. The Kier molecular flexibility index (Phi) is 5.34. The van der Waals surface area contributed by atoms with E-state index in [9.17, 15) is 22.8 Å². The topological polar surface area (TPSA) is 58.6 Å². The van der Waals surface area contributed by atoms with E-state index in [1.165, 1.54) is 12.1 Å². The average Bonchev–Trinajstić information content (AvgIpc) is 3.02. The maximum atomic E-state index is 12.1. The summed E-state index contributed by atoms with van der Waals surface area (Å²) in [5.74, 6) is -0.548. The molecule has 3 rings (SSSR count). The van der Waals surface area contributed by atoms with Crippen LogP contribution in [0.4, 0.5) is 24.5 Å². The van der Waals surface area contributed by atoms with Crippen molar-refractivity contribution in [3.8, 4) is 5.75 Å². The van der Waals surface area contributed by atoms with E-state index in [4.69, 9.17) is 0 Å². The number of ether oxygens (including phenoxy) is 1. The van der Waals surface area contributed by atoms with Crippen molar-refractivity contribution in [1.82, 2.24) is 0 Å². The van der Waals surface area contributed by atoms with Gasteiger partial charge in [-0.25, -0.2) is 0 Å². The summed E-state index contributed by atoms with van der Waals surface area (Å²) < 4.78 is 40.2. The first-order chi connectivity index (χ1) is 12.8. The lowest BCUT2D eigenvalue weighted by molar-refractivity contribution is -0.274. The second-order valence-corrected chi connectivity index (χ2v) is 6.11. The number of halogens is 3. The van der Waals surface area contributed by atoms with Crippen LogP contribution in [-0.4, -0.2) is 24.7 Å². The highest BCUT2D eigenvalue weighted by atomic mass is 19.4. The fourth-order valence-electron chi connectivity index (χ4n) is 2.85. The molecule has 0 aromatic heterocycles. The molecule has 0 spiro atoms. The highest BCUT2D eigenvalue weighted by Gasteiger charge is 2.31. The van der Waals surface area contributed by atoms with Crippen molar-refractivity contribution in [2.75, 3.05) is 16.8 Å². The predicted molar refractivity (Wildman–Crippen MR) is 93.5 cm³/mol.